The first-order valence-electron chi connectivity index (χ1n) is 12.0. The summed E-state index contributed by atoms with van der Waals surface area (Å²) in [4.78, 5) is 27.3. The lowest BCUT2D eigenvalue weighted by atomic mass is 10.1. The molecule has 2 heterocycles. The molecule has 0 unspecified atom stereocenters. The maximum absolute atomic E-state index is 12.9. The molecule has 0 spiro atoms. The Labute approximate surface area is 200 Å². The predicted molar refractivity (Wildman–Crippen MR) is 131 cm³/mol. The van der Waals surface area contributed by atoms with E-state index in [1.165, 1.54) is 6.42 Å². The van der Waals surface area contributed by atoms with Crippen LogP contribution >= 0.6 is 0 Å². The Balaban J connectivity index is 1.67. The van der Waals surface area contributed by atoms with Gasteiger partial charge >= 0.3 is 5.97 Å². The van der Waals surface area contributed by atoms with E-state index < -0.39 is 0 Å². The molecule has 34 heavy (non-hydrogen) atoms. The molecule has 1 aliphatic rings. The van der Waals surface area contributed by atoms with Gasteiger partial charge in [-0.25, -0.2) is 4.79 Å². The molecule has 0 aliphatic carbocycles. The maximum atomic E-state index is 12.9. The molecule has 7 nitrogen and oxygen atoms in total. The van der Waals surface area contributed by atoms with Gasteiger partial charge < -0.3 is 23.7 Å². The van der Waals surface area contributed by atoms with Crippen molar-refractivity contribution in [2.24, 2.45) is 0 Å². The minimum absolute atomic E-state index is 0.00597. The minimum atomic E-state index is -0.378. The van der Waals surface area contributed by atoms with E-state index in [1.54, 1.807) is 6.92 Å². The van der Waals surface area contributed by atoms with Crippen LogP contribution in [0.1, 0.15) is 49.2 Å². The number of ether oxygens (including phenoxy) is 3. The Morgan fingerprint density at radius 2 is 1.59 bits per heavy atom. The van der Waals surface area contributed by atoms with Crippen LogP contribution in [0.3, 0.4) is 0 Å². The third-order valence-corrected chi connectivity index (χ3v) is 6.13. The Morgan fingerprint density at radius 3 is 2.26 bits per heavy atom. The number of carbonyl (C=O) groups excluding carboxylic acids is 2. The molecule has 1 aliphatic heterocycles. The molecule has 0 radical (unpaired) electrons. The van der Waals surface area contributed by atoms with Crippen molar-refractivity contribution in [1.29, 1.82) is 0 Å². The number of rotatable bonds is 8. The van der Waals surface area contributed by atoms with Gasteiger partial charge in [0.1, 0.15) is 11.5 Å². The van der Waals surface area contributed by atoms with Gasteiger partial charge in [0.25, 0.3) is 5.91 Å². The number of esters is 1. The van der Waals surface area contributed by atoms with Crippen LogP contribution in [0.25, 0.3) is 16.6 Å². The zero-order valence-corrected chi connectivity index (χ0v) is 20.1. The number of amides is 1. The lowest BCUT2D eigenvalue weighted by molar-refractivity contribution is -0.134. The monoisotopic (exact) mass is 464 g/mol. The van der Waals surface area contributed by atoms with Crippen molar-refractivity contribution in [3.05, 3.63) is 53.7 Å². The van der Waals surface area contributed by atoms with Gasteiger partial charge in [-0.1, -0.05) is 0 Å². The van der Waals surface area contributed by atoms with Crippen LogP contribution in [0.2, 0.25) is 0 Å². The lowest BCUT2D eigenvalue weighted by Crippen LogP contribution is -2.38. The lowest BCUT2D eigenvalue weighted by Gasteiger charge is -2.26. The fraction of sp³-hybridized carbons (Fsp3) is 0.407. The van der Waals surface area contributed by atoms with E-state index in [9.17, 15) is 9.59 Å². The van der Waals surface area contributed by atoms with Crippen LogP contribution in [0.15, 0.2) is 42.5 Å². The van der Waals surface area contributed by atoms with Gasteiger partial charge in [0, 0.05) is 29.9 Å². The number of likely N-dealkylation sites (tertiary alicyclic amines) is 1. The van der Waals surface area contributed by atoms with Crippen molar-refractivity contribution >= 4 is 22.8 Å². The van der Waals surface area contributed by atoms with Crippen LogP contribution in [0.5, 0.6) is 11.5 Å². The Hall–Kier alpha value is -3.48. The molecule has 0 N–H and O–H groups in total. The quantitative estimate of drug-likeness (QED) is 0.443. The Bertz CT molecular complexity index is 1160. The topological polar surface area (TPSA) is 70.0 Å². The molecule has 0 saturated carbocycles. The number of fused-ring (bicyclic) bond motifs is 1. The summed E-state index contributed by atoms with van der Waals surface area (Å²) in [6.07, 6.45) is 3.25. The highest BCUT2D eigenvalue weighted by Gasteiger charge is 2.23. The highest BCUT2D eigenvalue weighted by Crippen LogP contribution is 2.33. The van der Waals surface area contributed by atoms with E-state index in [-0.39, 0.29) is 25.1 Å². The van der Waals surface area contributed by atoms with Crippen LogP contribution in [0, 0.1) is 6.92 Å². The minimum Gasteiger partial charge on any atom is -0.494 e. The number of nitrogens with zero attached hydrogens (tertiary/aromatic N) is 2. The number of aromatic nitrogens is 1. The molecule has 180 valence electrons. The van der Waals surface area contributed by atoms with E-state index in [0.29, 0.717) is 17.9 Å². The molecule has 3 aromatic rings. The second-order valence-corrected chi connectivity index (χ2v) is 8.35. The molecule has 1 fully saturated rings. The fourth-order valence-electron chi connectivity index (χ4n) is 4.52. The van der Waals surface area contributed by atoms with Gasteiger partial charge in [0.15, 0.2) is 6.61 Å². The van der Waals surface area contributed by atoms with Crippen molar-refractivity contribution in [2.75, 3.05) is 32.9 Å². The van der Waals surface area contributed by atoms with Crippen molar-refractivity contribution in [1.82, 2.24) is 9.47 Å². The second-order valence-electron chi connectivity index (χ2n) is 8.35. The molecule has 1 aromatic heterocycles. The third-order valence-electron chi connectivity index (χ3n) is 6.13. The zero-order valence-electron chi connectivity index (χ0n) is 20.1. The molecular weight excluding hydrogens is 432 g/mol. The Kier molecular flexibility index (Phi) is 7.40. The van der Waals surface area contributed by atoms with E-state index in [2.05, 4.69) is 0 Å². The summed E-state index contributed by atoms with van der Waals surface area (Å²) < 4.78 is 18.8. The summed E-state index contributed by atoms with van der Waals surface area (Å²) in [5.74, 6) is 0.956. The summed E-state index contributed by atoms with van der Waals surface area (Å²) in [7, 11) is 0. The van der Waals surface area contributed by atoms with Gasteiger partial charge in [0.2, 0.25) is 0 Å². The fourth-order valence-corrected chi connectivity index (χ4v) is 4.52. The molecular formula is C27H32N2O5. The summed E-state index contributed by atoms with van der Waals surface area (Å²) in [5.41, 5.74) is 3.05. The first kappa shape index (κ1) is 23.7. The third kappa shape index (κ3) is 4.88. The normalized spacial score (nSPS) is 13.7. The molecule has 0 bridgehead atoms. The number of hydrogen-bond acceptors (Lipinski definition) is 5. The summed E-state index contributed by atoms with van der Waals surface area (Å²) in [5, 5.41) is 0.729. The first-order chi connectivity index (χ1) is 16.5. The molecule has 4 rings (SSSR count). The van der Waals surface area contributed by atoms with E-state index >= 15 is 0 Å². The predicted octanol–water partition coefficient (Wildman–Crippen LogP) is 4.91. The van der Waals surface area contributed by atoms with Crippen molar-refractivity contribution < 1.29 is 23.8 Å². The van der Waals surface area contributed by atoms with Crippen LogP contribution in [-0.4, -0.2) is 54.3 Å². The van der Waals surface area contributed by atoms with Crippen molar-refractivity contribution in [3.63, 3.8) is 0 Å². The average molecular weight is 465 g/mol. The molecule has 2 aromatic carbocycles. The standard InChI is InChI=1S/C27H32N2O5/c1-4-32-21-11-9-20(10-12-21)29-19(3)26(27(31)33-5-2)23-17-22(13-14-24(23)29)34-18-25(30)28-15-7-6-8-16-28/h9-14,17H,4-8,15-16,18H2,1-3H3. The summed E-state index contributed by atoms with van der Waals surface area (Å²) >= 11 is 0. The first-order valence-corrected chi connectivity index (χ1v) is 12.0. The van der Waals surface area contributed by atoms with E-state index in [1.807, 2.05) is 65.8 Å². The second kappa shape index (κ2) is 10.6. The molecule has 1 amide bonds. The molecule has 7 heteroatoms. The summed E-state index contributed by atoms with van der Waals surface area (Å²) in [6, 6.07) is 13.3. The smallest absolute Gasteiger partial charge is 0.340 e. The summed E-state index contributed by atoms with van der Waals surface area (Å²) in [6.45, 7) is 8.09. The van der Waals surface area contributed by atoms with Crippen LogP contribution in [0.4, 0.5) is 0 Å². The highest BCUT2D eigenvalue weighted by atomic mass is 16.5. The zero-order chi connectivity index (χ0) is 24.1. The number of piperidine rings is 1. The van der Waals surface area contributed by atoms with E-state index in [0.717, 1.165) is 54.0 Å². The molecule has 1 saturated heterocycles. The van der Waals surface area contributed by atoms with Gasteiger partial charge in [-0.15, -0.1) is 0 Å². The number of hydrogen-bond donors (Lipinski definition) is 0. The Morgan fingerprint density at radius 1 is 0.882 bits per heavy atom. The van der Waals surface area contributed by atoms with Gasteiger partial charge in [0.05, 0.1) is 24.3 Å². The number of carbonyl (C=O) groups is 2. The van der Waals surface area contributed by atoms with Gasteiger partial charge in [-0.05, 0) is 82.5 Å². The average Bonchev–Trinajstić information content (AvgIpc) is 3.15. The van der Waals surface area contributed by atoms with Crippen molar-refractivity contribution in [2.45, 2.75) is 40.0 Å². The van der Waals surface area contributed by atoms with Crippen LogP contribution in [-0.2, 0) is 9.53 Å². The highest BCUT2D eigenvalue weighted by molar-refractivity contribution is 6.07. The maximum Gasteiger partial charge on any atom is 0.340 e. The van der Waals surface area contributed by atoms with Crippen LogP contribution < -0.4 is 9.47 Å². The largest absolute Gasteiger partial charge is 0.494 e. The SMILES string of the molecule is CCOC(=O)c1c(C)n(-c2ccc(OCC)cc2)c2ccc(OCC(=O)N3CCCCC3)cc12. The van der Waals surface area contributed by atoms with Crippen molar-refractivity contribution in [3.8, 4) is 17.2 Å². The molecule has 0 atom stereocenters. The van der Waals surface area contributed by atoms with E-state index in [4.69, 9.17) is 14.2 Å². The number of benzene rings is 2. The van der Waals surface area contributed by atoms with Gasteiger partial charge in [-0.2, -0.15) is 0 Å². The van der Waals surface area contributed by atoms with Gasteiger partial charge in [-0.3, -0.25) is 4.79 Å².